The molecule has 2 heterocycles. The van der Waals surface area contributed by atoms with E-state index in [1.165, 1.54) is 0 Å². The zero-order valence-electron chi connectivity index (χ0n) is 15.2. The van der Waals surface area contributed by atoms with Crippen molar-refractivity contribution >= 4 is 5.96 Å². The number of aromatic nitrogens is 1. The fraction of sp³-hybridized carbons (Fsp3) is 0.667. The van der Waals surface area contributed by atoms with E-state index in [4.69, 9.17) is 0 Å². The van der Waals surface area contributed by atoms with E-state index < -0.39 is 6.10 Å². The number of aliphatic imine (C=N–C) groups is 1. The van der Waals surface area contributed by atoms with Crippen LogP contribution in [0, 0.1) is 5.92 Å². The smallest absolute Gasteiger partial charge is 0.191 e. The maximum absolute atomic E-state index is 10.3. The van der Waals surface area contributed by atoms with Crippen molar-refractivity contribution in [2.24, 2.45) is 10.9 Å². The Labute approximate surface area is 145 Å². The molecule has 2 rings (SSSR count). The molecule has 1 fully saturated rings. The van der Waals surface area contributed by atoms with Gasteiger partial charge in [-0.25, -0.2) is 0 Å². The summed E-state index contributed by atoms with van der Waals surface area (Å²) in [5.41, 5.74) is 0.838. The maximum atomic E-state index is 10.3. The average molecular weight is 333 g/mol. The lowest BCUT2D eigenvalue weighted by Gasteiger charge is -2.22. The van der Waals surface area contributed by atoms with Gasteiger partial charge in [0, 0.05) is 44.1 Å². The molecule has 1 aliphatic heterocycles. The highest BCUT2D eigenvalue weighted by molar-refractivity contribution is 5.80. The Balaban J connectivity index is 1.96. The lowest BCUT2D eigenvalue weighted by Crippen LogP contribution is -2.47. The van der Waals surface area contributed by atoms with Crippen molar-refractivity contribution in [2.75, 3.05) is 26.2 Å². The van der Waals surface area contributed by atoms with E-state index in [-0.39, 0.29) is 0 Å². The third kappa shape index (κ3) is 5.18. The predicted octanol–water partition coefficient (Wildman–Crippen LogP) is 1.40. The fourth-order valence-electron chi connectivity index (χ4n) is 2.98. The summed E-state index contributed by atoms with van der Waals surface area (Å²) in [4.78, 5) is 11.0. The van der Waals surface area contributed by atoms with Crippen LogP contribution < -0.4 is 10.6 Å². The van der Waals surface area contributed by atoms with Gasteiger partial charge in [0.25, 0.3) is 0 Å². The molecule has 1 aliphatic rings. The van der Waals surface area contributed by atoms with Crippen molar-refractivity contribution in [3.05, 3.63) is 30.1 Å². The van der Waals surface area contributed by atoms with Gasteiger partial charge in [-0.15, -0.1) is 0 Å². The molecule has 0 bridgehead atoms. The van der Waals surface area contributed by atoms with Crippen LogP contribution in [0.5, 0.6) is 0 Å². The van der Waals surface area contributed by atoms with E-state index in [0.29, 0.717) is 24.5 Å². The van der Waals surface area contributed by atoms with Crippen LogP contribution in [0.15, 0.2) is 29.5 Å². The predicted molar refractivity (Wildman–Crippen MR) is 98.0 cm³/mol. The number of hydrogen-bond acceptors (Lipinski definition) is 4. The SMILES string of the molecule is CCNC(=NCC(O)c1ccncc1)NC1CN(C(C)C)CC1C. The van der Waals surface area contributed by atoms with E-state index in [2.05, 4.69) is 53.2 Å². The summed E-state index contributed by atoms with van der Waals surface area (Å²) >= 11 is 0. The number of aliphatic hydroxyl groups is 1. The second kappa shape index (κ2) is 8.99. The molecule has 0 saturated carbocycles. The van der Waals surface area contributed by atoms with E-state index in [1.54, 1.807) is 12.4 Å². The van der Waals surface area contributed by atoms with E-state index >= 15 is 0 Å². The average Bonchev–Trinajstić information content (AvgIpc) is 2.94. The van der Waals surface area contributed by atoms with Crippen molar-refractivity contribution in [1.82, 2.24) is 20.5 Å². The third-order valence-corrected chi connectivity index (χ3v) is 4.55. The zero-order chi connectivity index (χ0) is 17.5. The number of hydrogen-bond donors (Lipinski definition) is 3. The van der Waals surface area contributed by atoms with Crippen molar-refractivity contribution < 1.29 is 5.11 Å². The second-order valence-corrected chi connectivity index (χ2v) is 6.79. The molecule has 0 spiro atoms. The van der Waals surface area contributed by atoms with Crippen molar-refractivity contribution in [3.63, 3.8) is 0 Å². The summed E-state index contributed by atoms with van der Waals surface area (Å²) in [6.07, 6.45) is 2.76. The van der Waals surface area contributed by atoms with Crippen LogP contribution in [0.4, 0.5) is 0 Å². The molecule has 6 heteroatoms. The number of nitrogens with zero attached hydrogens (tertiary/aromatic N) is 3. The van der Waals surface area contributed by atoms with Crippen LogP contribution in [0.25, 0.3) is 0 Å². The number of likely N-dealkylation sites (tertiary alicyclic amines) is 1. The van der Waals surface area contributed by atoms with Gasteiger partial charge in [-0.05, 0) is 44.4 Å². The third-order valence-electron chi connectivity index (χ3n) is 4.55. The number of guanidine groups is 1. The highest BCUT2D eigenvalue weighted by atomic mass is 16.3. The van der Waals surface area contributed by atoms with Gasteiger partial charge < -0.3 is 15.7 Å². The number of pyridine rings is 1. The molecule has 1 aromatic heterocycles. The zero-order valence-corrected chi connectivity index (χ0v) is 15.2. The molecule has 0 aromatic carbocycles. The Hall–Kier alpha value is -1.66. The minimum Gasteiger partial charge on any atom is -0.386 e. The maximum Gasteiger partial charge on any atom is 0.191 e. The molecule has 6 nitrogen and oxygen atoms in total. The van der Waals surface area contributed by atoms with Crippen LogP contribution in [-0.2, 0) is 0 Å². The standard InChI is InChI=1S/C18H31N5O/c1-5-20-18(21-10-17(24)15-6-8-19-9-7-15)22-16-12-23(13(2)3)11-14(16)4/h6-9,13-14,16-17,24H,5,10-12H2,1-4H3,(H2,20,21,22). The summed E-state index contributed by atoms with van der Waals surface area (Å²) in [5, 5.41) is 17.1. The normalized spacial score (nSPS) is 23.5. The van der Waals surface area contributed by atoms with Gasteiger partial charge in [-0.1, -0.05) is 6.92 Å². The van der Waals surface area contributed by atoms with Gasteiger partial charge in [0.15, 0.2) is 5.96 Å². The van der Waals surface area contributed by atoms with E-state index in [0.717, 1.165) is 31.2 Å². The second-order valence-electron chi connectivity index (χ2n) is 6.79. The molecular formula is C18H31N5O. The Kier molecular flexibility index (Phi) is 6.99. The quantitative estimate of drug-likeness (QED) is 0.542. The lowest BCUT2D eigenvalue weighted by molar-refractivity contribution is 0.187. The molecule has 0 radical (unpaired) electrons. The molecule has 3 unspecified atom stereocenters. The molecule has 0 amide bonds. The van der Waals surface area contributed by atoms with Crippen LogP contribution in [-0.4, -0.2) is 59.2 Å². The molecule has 134 valence electrons. The Bertz CT molecular complexity index is 519. The van der Waals surface area contributed by atoms with Gasteiger partial charge >= 0.3 is 0 Å². The first-order chi connectivity index (χ1) is 11.5. The van der Waals surface area contributed by atoms with Crippen LogP contribution in [0.1, 0.15) is 39.4 Å². The molecule has 3 N–H and O–H groups in total. The number of aliphatic hydroxyl groups excluding tert-OH is 1. The summed E-state index contributed by atoms with van der Waals surface area (Å²) in [6, 6.07) is 4.58. The van der Waals surface area contributed by atoms with Gasteiger partial charge in [-0.2, -0.15) is 0 Å². The van der Waals surface area contributed by atoms with Crippen molar-refractivity contribution in [1.29, 1.82) is 0 Å². The Morgan fingerprint density at radius 3 is 2.67 bits per heavy atom. The Morgan fingerprint density at radius 2 is 2.08 bits per heavy atom. The molecule has 24 heavy (non-hydrogen) atoms. The molecule has 0 aliphatic carbocycles. The van der Waals surface area contributed by atoms with Crippen molar-refractivity contribution in [3.8, 4) is 0 Å². The van der Waals surface area contributed by atoms with Crippen LogP contribution >= 0.6 is 0 Å². The monoisotopic (exact) mass is 333 g/mol. The fourth-order valence-corrected chi connectivity index (χ4v) is 2.98. The largest absolute Gasteiger partial charge is 0.386 e. The highest BCUT2D eigenvalue weighted by Gasteiger charge is 2.31. The molecule has 1 aromatic rings. The summed E-state index contributed by atoms with van der Waals surface area (Å²) in [5.74, 6) is 1.34. The first kappa shape index (κ1) is 18.7. The van der Waals surface area contributed by atoms with Crippen molar-refractivity contribution in [2.45, 2.75) is 45.9 Å². The Morgan fingerprint density at radius 1 is 1.38 bits per heavy atom. The van der Waals surface area contributed by atoms with E-state index in [1.807, 2.05) is 12.1 Å². The molecule has 3 atom stereocenters. The van der Waals surface area contributed by atoms with Crippen LogP contribution in [0.2, 0.25) is 0 Å². The molecule has 1 saturated heterocycles. The number of nitrogens with one attached hydrogen (secondary N) is 2. The topological polar surface area (TPSA) is 72.8 Å². The summed E-state index contributed by atoms with van der Waals surface area (Å²) in [7, 11) is 0. The van der Waals surface area contributed by atoms with Gasteiger partial charge in [0.05, 0.1) is 12.6 Å². The minimum absolute atomic E-state index is 0.328. The first-order valence-corrected chi connectivity index (χ1v) is 8.88. The van der Waals surface area contributed by atoms with Gasteiger partial charge in [-0.3, -0.25) is 14.9 Å². The summed E-state index contributed by atoms with van der Waals surface area (Å²) in [6.45, 7) is 12.1. The van der Waals surface area contributed by atoms with Crippen LogP contribution in [0.3, 0.4) is 0 Å². The summed E-state index contributed by atoms with van der Waals surface area (Å²) < 4.78 is 0. The van der Waals surface area contributed by atoms with Gasteiger partial charge in [0.1, 0.15) is 0 Å². The minimum atomic E-state index is -0.614. The number of rotatable bonds is 6. The van der Waals surface area contributed by atoms with E-state index in [9.17, 15) is 5.11 Å². The van der Waals surface area contributed by atoms with Gasteiger partial charge in [0.2, 0.25) is 0 Å². The highest BCUT2D eigenvalue weighted by Crippen LogP contribution is 2.18. The first-order valence-electron chi connectivity index (χ1n) is 8.88. The molecular weight excluding hydrogens is 302 g/mol. The lowest BCUT2D eigenvalue weighted by atomic mass is 10.1.